The SMILES string of the molecule is CC/C=C/C=C/C=C/CCCCCCCC(=O)OC(COC(=O)CCCCCCC/C=C/CCCC)COP(=O)(O)OCCN. The highest BCUT2D eigenvalue weighted by Gasteiger charge is 2.25. The van der Waals surface area contributed by atoms with Gasteiger partial charge in [-0.3, -0.25) is 18.6 Å². The summed E-state index contributed by atoms with van der Waals surface area (Å²) in [6.07, 6.45) is 32.9. The Balaban J connectivity index is 4.34. The molecule has 0 fully saturated rings. The van der Waals surface area contributed by atoms with Crippen molar-refractivity contribution in [2.45, 2.75) is 136 Å². The normalized spacial score (nSPS) is 14.1. The number of ether oxygens (including phenoxy) is 2. The van der Waals surface area contributed by atoms with E-state index in [2.05, 4.69) is 44.2 Å². The predicted molar refractivity (Wildman–Crippen MR) is 183 cm³/mol. The van der Waals surface area contributed by atoms with Crippen LogP contribution in [0.15, 0.2) is 48.6 Å². The van der Waals surface area contributed by atoms with Crippen LogP contribution in [0.5, 0.6) is 0 Å². The van der Waals surface area contributed by atoms with Gasteiger partial charge < -0.3 is 20.1 Å². The van der Waals surface area contributed by atoms with Crippen LogP contribution in [-0.4, -0.2) is 49.3 Å². The van der Waals surface area contributed by atoms with E-state index in [9.17, 15) is 19.0 Å². The van der Waals surface area contributed by atoms with Crippen LogP contribution in [0.1, 0.15) is 129 Å². The molecule has 0 rings (SSSR count). The molecule has 0 amide bonds. The molecule has 0 aromatic rings. The van der Waals surface area contributed by atoms with Gasteiger partial charge in [-0.15, -0.1) is 0 Å². The Morgan fingerprint density at radius 1 is 0.689 bits per heavy atom. The highest BCUT2D eigenvalue weighted by atomic mass is 31.2. The zero-order valence-corrected chi connectivity index (χ0v) is 29.0. The number of phosphoric acid groups is 1. The van der Waals surface area contributed by atoms with E-state index in [4.69, 9.17) is 24.3 Å². The number of carbonyl (C=O) groups excluding carboxylic acids is 2. The summed E-state index contributed by atoms with van der Waals surface area (Å²) in [6, 6.07) is 0. The van der Waals surface area contributed by atoms with E-state index in [0.29, 0.717) is 6.42 Å². The van der Waals surface area contributed by atoms with Crippen LogP contribution in [-0.2, 0) is 32.7 Å². The molecule has 0 aromatic carbocycles. The Morgan fingerprint density at radius 3 is 1.87 bits per heavy atom. The van der Waals surface area contributed by atoms with Gasteiger partial charge in [0.2, 0.25) is 0 Å². The number of nitrogens with two attached hydrogens (primary N) is 1. The maximum absolute atomic E-state index is 12.5. The largest absolute Gasteiger partial charge is 0.472 e. The quantitative estimate of drug-likeness (QED) is 0.0247. The third-order valence-electron chi connectivity index (χ3n) is 6.76. The summed E-state index contributed by atoms with van der Waals surface area (Å²) >= 11 is 0. The average molecular weight is 656 g/mol. The zero-order chi connectivity index (χ0) is 33.3. The second-order valence-corrected chi connectivity index (χ2v) is 12.5. The van der Waals surface area contributed by atoms with Gasteiger partial charge in [0.15, 0.2) is 6.10 Å². The molecule has 0 bridgehead atoms. The molecule has 0 aliphatic heterocycles. The molecule has 0 aliphatic carbocycles. The summed E-state index contributed by atoms with van der Waals surface area (Å²) in [5.41, 5.74) is 5.31. The lowest BCUT2D eigenvalue weighted by Gasteiger charge is -2.19. The van der Waals surface area contributed by atoms with Crippen LogP contribution in [0, 0.1) is 0 Å². The number of unbranched alkanes of at least 4 members (excludes halogenated alkanes) is 12. The van der Waals surface area contributed by atoms with Gasteiger partial charge in [0, 0.05) is 19.4 Å². The number of rotatable bonds is 31. The van der Waals surface area contributed by atoms with Crippen molar-refractivity contribution in [1.82, 2.24) is 0 Å². The van der Waals surface area contributed by atoms with Crippen molar-refractivity contribution in [3.63, 3.8) is 0 Å². The lowest BCUT2D eigenvalue weighted by atomic mass is 10.1. The molecule has 10 heteroatoms. The first-order valence-electron chi connectivity index (χ1n) is 17.1. The van der Waals surface area contributed by atoms with Crippen molar-refractivity contribution >= 4 is 19.8 Å². The Bertz CT molecular complexity index is 887. The number of allylic oxidation sites excluding steroid dienone is 8. The summed E-state index contributed by atoms with van der Waals surface area (Å²) < 4.78 is 32.5. The van der Waals surface area contributed by atoms with Crippen LogP contribution in [0.2, 0.25) is 0 Å². The van der Waals surface area contributed by atoms with Crippen molar-refractivity contribution in [2.24, 2.45) is 5.73 Å². The molecule has 2 atom stereocenters. The summed E-state index contributed by atoms with van der Waals surface area (Å²) in [5, 5.41) is 0. The van der Waals surface area contributed by atoms with E-state index >= 15 is 0 Å². The van der Waals surface area contributed by atoms with Crippen molar-refractivity contribution in [1.29, 1.82) is 0 Å². The van der Waals surface area contributed by atoms with Crippen LogP contribution < -0.4 is 5.73 Å². The monoisotopic (exact) mass is 655 g/mol. The number of hydrogen-bond donors (Lipinski definition) is 2. The zero-order valence-electron chi connectivity index (χ0n) is 28.1. The van der Waals surface area contributed by atoms with Gasteiger partial charge in [-0.05, 0) is 51.4 Å². The van der Waals surface area contributed by atoms with Crippen molar-refractivity contribution in [2.75, 3.05) is 26.4 Å². The third-order valence-corrected chi connectivity index (χ3v) is 7.74. The first kappa shape index (κ1) is 43.0. The van der Waals surface area contributed by atoms with E-state index in [0.717, 1.165) is 83.5 Å². The lowest BCUT2D eigenvalue weighted by Crippen LogP contribution is -2.29. The second-order valence-electron chi connectivity index (χ2n) is 11.1. The smallest absolute Gasteiger partial charge is 0.462 e. The Labute approximate surface area is 273 Å². The van der Waals surface area contributed by atoms with Gasteiger partial charge in [-0.25, -0.2) is 4.57 Å². The molecule has 260 valence electrons. The molecular weight excluding hydrogens is 593 g/mol. The Kier molecular flexibility index (Phi) is 30.5. The minimum Gasteiger partial charge on any atom is -0.462 e. The molecule has 0 heterocycles. The topological polar surface area (TPSA) is 134 Å². The van der Waals surface area contributed by atoms with Crippen LogP contribution in [0.25, 0.3) is 0 Å². The van der Waals surface area contributed by atoms with Gasteiger partial charge >= 0.3 is 19.8 Å². The second kappa shape index (κ2) is 31.9. The van der Waals surface area contributed by atoms with Crippen molar-refractivity contribution < 1.29 is 37.6 Å². The van der Waals surface area contributed by atoms with Crippen molar-refractivity contribution in [3.8, 4) is 0 Å². The molecule has 0 saturated carbocycles. The fourth-order valence-corrected chi connectivity index (χ4v) is 4.97. The van der Waals surface area contributed by atoms with E-state index in [1.54, 1.807) is 0 Å². The van der Waals surface area contributed by atoms with Crippen LogP contribution >= 0.6 is 7.82 Å². The molecule has 0 saturated heterocycles. The minimum absolute atomic E-state index is 0.0466. The third kappa shape index (κ3) is 31.7. The molecular formula is C35H62NO8P. The molecule has 0 radical (unpaired) electrons. The Morgan fingerprint density at radius 2 is 1.24 bits per heavy atom. The van der Waals surface area contributed by atoms with Crippen molar-refractivity contribution in [3.05, 3.63) is 48.6 Å². The summed E-state index contributed by atoms with van der Waals surface area (Å²) in [6.45, 7) is 3.48. The summed E-state index contributed by atoms with van der Waals surface area (Å²) in [5.74, 6) is -0.872. The molecule has 0 spiro atoms. The summed E-state index contributed by atoms with van der Waals surface area (Å²) in [7, 11) is -4.37. The molecule has 45 heavy (non-hydrogen) atoms. The van der Waals surface area contributed by atoms with Gasteiger partial charge in [0.1, 0.15) is 6.61 Å². The van der Waals surface area contributed by atoms with E-state index < -0.39 is 32.5 Å². The molecule has 9 nitrogen and oxygen atoms in total. The van der Waals surface area contributed by atoms with E-state index in [1.807, 2.05) is 18.2 Å². The van der Waals surface area contributed by atoms with E-state index in [1.165, 1.54) is 12.8 Å². The first-order chi connectivity index (χ1) is 21.8. The first-order valence-corrected chi connectivity index (χ1v) is 18.6. The van der Waals surface area contributed by atoms with E-state index in [-0.39, 0.29) is 32.6 Å². The lowest BCUT2D eigenvalue weighted by molar-refractivity contribution is -0.161. The average Bonchev–Trinajstić information content (AvgIpc) is 3.02. The molecule has 3 N–H and O–H groups in total. The maximum Gasteiger partial charge on any atom is 0.472 e. The fraction of sp³-hybridized carbons (Fsp3) is 0.714. The van der Waals surface area contributed by atoms with Gasteiger partial charge in [-0.2, -0.15) is 0 Å². The Hall–Kier alpha value is -2.03. The number of esters is 2. The van der Waals surface area contributed by atoms with Gasteiger partial charge in [0.25, 0.3) is 0 Å². The predicted octanol–water partition coefficient (Wildman–Crippen LogP) is 8.82. The van der Waals surface area contributed by atoms with Crippen LogP contribution in [0.3, 0.4) is 0 Å². The molecule has 2 unspecified atom stereocenters. The minimum atomic E-state index is -4.37. The highest BCUT2D eigenvalue weighted by Crippen LogP contribution is 2.43. The standard InChI is InChI=1S/C35H62NO8P/c1-3-5-7-9-11-13-15-16-18-20-22-24-26-28-35(38)44-33(32-43-45(39,40)42-30-29-36)31-41-34(37)27-25-23-21-19-17-14-12-10-8-6-4-2/h5,7,9-13,15,33H,3-4,6,8,14,16-32,36H2,1-2H3,(H,39,40)/b7-5+,11-9+,12-10+,15-13+. The summed E-state index contributed by atoms with van der Waals surface area (Å²) in [4.78, 5) is 34.5. The van der Waals surface area contributed by atoms with Gasteiger partial charge in [0.05, 0.1) is 13.2 Å². The maximum atomic E-state index is 12.5. The van der Waals surface area contributed by atoms with Gasteiger partial charge in [-0.1, -0.05) is 114 Å². The number of phosphoric ester groups is 1. The molecule has 0 aliphatic rings. The van der Waals surface area contributed by atoms with Crippen LogP contribution in [0.4, 0.5) is 0 Å². The number of carbonyl (C=O) groups is 2. The molecule has 0 aromatic heterocycles. The number of hydrogen-bond acceptors (Lipinski definition) is 8. The fourth-order valence-electron chi connectivity index (χ4n) is 4.20. The highest BCUT2D eigenvalue weighted by molar-refractivity contribution is 7.47.